The van der Waals surface area contributed by atoms with Crippen molar-refractivity contribution in [2.75, 3.05) is 5.73 Å². The zero-order chi connectivity index (χ0) is 12.4. The summed E-state index contributed by atoms with van der Waals surface area (Å²) in [6.45, 7) is 0.457. The first-order chi connectivity index (χ1) is 8.06. The number of thiophene rings is 1. The van der Waals surface area contributed by atoms with E-state index in [-0.39, 0.29) is 0 Å². The van der Waals surface area contributed by atoms with Gasteiger partial charge in [-0.15, -0.1) is 11.3 Å². The minimum absolute atomic E-state index is 0.426. The molecule has 0 atom stereocenters. The molecule has 0 radical (unpaired) electrons. The van der Waals surface area contributed by atoms with Gasteiger partial charge in [-0.3, -0.25) is 0 Å². The molecule has 0 aliphatic carbocycles. The molecule has 0 saturated carbocycles. The van der Waals surface area contributed by atoms with Gasteiger partial charge in [-0.05, 0) is 34.1 Å². The third-order valence-corrected chi connectivity index (χ3v) is 4.37. The van der Waals surface area contributed by atoms with Crippen LogP contribution in [0.5, 0.6) is 5.75 Å². The zero-order valence-electron chi connectivity index (χ0n) is 8.54. The maximum absolute atomic E-state index is 5.90. The predicted molar refractivity (Wildman–Crippen MR) is 77.2 cm³/mol. The monoisotopic (exact) mass is 351 g/mol. The number of nitrogens with two attached hydrogens (primary N) is 1. The van der Waals surface area contributed by atoms with Crippen molar-refractivity contribution < 1.29 is 4.74 Å². The Labute approximate surface area is 121 Å². The van der Waals surface area contributed by atoms with Crippen molar-refractivity contribution in [3.8, 4) is 5.75 Å². The van der Waals surface area contributed by atoms with E-state index in [4.69, 9.17) is 33.7 Å². The van der Waals surface area contributed by atoms with Gasteiger partial charge in [0.1, 0.15) is 12.4 Å². The second-order valence-electron chi connectivity index (χ2n) is 3.30. The average Bonchev–Trinajstić information content (AvgIpc) is 2.68. The highest BCUT2D eigenvalue weighted by atomic mass is 79.9. The smallest absolute Gasteiger partial charge is 0.144 e. The maximum atomic E-state index is 5.90. The molecule has 2 nitrogen and oxygen atoms in total. The predicted octanol–water partition coefficient (Wildman–Crippen LogP) is 4.98. The fraction of sp³-hybridized carbons (Fsp3) is 0.0909. The van der Waals surface area contributed by atoms with Gasteiger partial charge in [0.2, 0.25) is 0 Å². The number of benzene rings is 1. The van der Waals surface area contributed by atoms with Gasteiger partial charge in [0.25, 0.3) is 0 Å². The van der Waals surface area contributed by atoms with Crippen molar-refractivity contribution in [1.29, 1.82) is 0 Å². The third kappa shape index (κ3) is 3.28. The van der Waals surface area contributed by atoms with Crippen LogP contribution in [0, 0.1) is 0 Å². The lowest BCUT2D eigenvalue weighted by Gasteiger charge is -2.09. The summed E-state index contributed by atoms with van der Waals surface area (Å²) >= 11 is 16.7. The van der Waals surface area contributed by atoms with Crippen molar-refractivity contribution >= 4 is 56.2 Å². The van der Waals surface area contributed by atoms with E-state index in [0.717, 1.165) is 8.66 Å². The summed E-state index contributed by atoms with van der Waals surface area (Å²) in [7, 11) is 0. The van der Waals surface area contributed by atoms with Crippen LogP contribution in [0.15, 0.2) is 28.1 Å². The van der Waals surface area contributed by atoms with Crippen LogP contribution >= 0.6 is 50.5 Å². The van der Waals surface area contributed by atoms with Crippen molar-refractivity contribution in [1.82, 2.24) is 0 Å². The molecular weight excluding hydrogens is 345 g/mol. The van der Waals surface area contributed by atoms with Gasteiger partial charge in [0.15, 0.2) is 0 Å². The van der Waals surface area contributed by atoms with Gasteiger partial charge < -0.3 is 10.5 Å². The fourth-order valence-corrected chi connectivity index (χ4v) is 2.97. The number of anilines is 1. The van der Waals surface area contributed by atoms with Crippen LogP contribution < -0.4 is 10.5 Å². The summed E-state index contributed by atoms with van der Waals surface area (Å²) in [4.78, 5) is 1.10. The fourth-order valence-electron chi connectivity index (χ4n) is 1.25. The second-order valence-corrected chi connectivity index (χ2v) is 6.66. The zero-order valence-corrected chi connectivity index (χ0v) is 12.5. The SMILES string of the molecule is Nc1cc(Cl)c(Cl)cc1OCc1ccc(Br)s1. The molecule has 0 aliphatic heterocycles. The van der Waals surface area contributed by atoms with E-state index in [0.29, 0.717) is 28.1 Å². The number of nitrogen functional groups attached to an aromatic ring is 1. The van der Waals surface area contributed by atoms with Gasteiger partial charge in [-0.25, -0.2) is 0 Å². The molecule has 0 amide bonds. The van der Waals surface area contributed by atoms with Gasteiger partial charge in [-0.2, -0.15) is 0 Å². The van der Waals surface area contributed by atoms with E-state index in [1.54, 1.807) is 23.5 Å². The van der Waals surface area contributed by atoms with Crippen LogP contribution in [0.25, 0.3) is 0 Å². The Balaban J connectivity index is 2.11. The molecule has 2 rings (SSSR count). The Morgan fingerprint density at radius 2 is 1.94 bits per heavy atom. The first-order valence-corrected chi connectivity index (χ1v) is 7.04. The Morgan fingerprint density at radius 3 is 2.59 bits per heavy atom. The molecular formula is C11H8BrCl2NOS. The summed E-state index contributed by atoms with van der Waals surface area (Å²) in [6.07, 6.45) is 0. The number of hydrogen-bond donors (Lipinski definition) is 1. The number of hydrogen-bond acceptors (Lipinski definition) is 3. The largest absolute Gasteiger partial charge is 0.486 e. The van der Waals surface area contributed by atoms with Crippen LogP contribution in [-0.2, 0) is 6.61 Å². The minimum atomic E-state index is 0.426. The molecule has 0 saturated heterocycles. The van der Waals surface area contributed by atoms with Crippen LogP contribution in [-0.4, -0.2) is 0 Å². The number of rotatable bonds is 3. The number of halogens is 3. The van der Waals surface area contributed by atoms with E-state index in [1.165, 1.54) is 0 Å². The molecule has 90 valence electrons. The van der Waals surface area contributed by atoms with Crippen molar-refractivity contribution in [3.63, 3.8) is 0 Å². The highest BCUT2D eigenvalue weighted by Crippen LogP contribution is 2.33. The van der Waals surface area contributed by atoms with E-state index < -0.39 is 0 Å². The normalized spacial score (nSPS) is 10.5. The Kier molecular flexibility index (Phi) is 4.20. The highest BCUT2D eigenvalue weighted by Gasteiger charge is 2.07. The highest BCUT2D eigenvalue weighted by molar-refractivity contribution is 9.11. The molecule has 0 fully saturated rings. The van der Waals surface area contributed by atoms with Crippen LogP contribution in [0.2, 0.25) is 10.0 Å². The first-order valence-electron chi connectivity index (χ1n) is 4.68. The van der Waals surface area contributed by atoms with Gasteiger partial charge in [-0.1, -0.05) is 23.2 Å². The Bertz CT molecular complexity index is 544. The van der Waals surface area contributed by atoms with Crippen LogP contribution in [0.1, 0.15) is 4.88 Å². The van der Waals surface area contributed by atoms with Gasteiger partial charge in [0.05, 0.1) is 19.5 Å². The van der Waals surface area contributed by atoms with E-state index >= 15 is 0 Å². The van der Waals surface area contributed by atoms with Crippen LogP contribution in [0.4, 0.5) is 5.69 Å². The number of ether oxygens (including phenoxy) is 1. The molecule has 0 unspecified atom stereocenters. The Morgan fingerprint density at radius 1 is 1.24 bits per heavy atom. The molecule has 1 aromatic heterocycles. The van der Waals surface area contributed by atoms with Gasteiger partial charge in [0, 0.05) is 10.9 Å². The summed E-state index contributed by atoms with van der Waals surface area (Å²) in [5.74, 6) is 0.545. The average molecular weight is 353 g/mol. The summed E-state index contributed by atoms with van der Waals surface area (Å²) in [5.41, 5.74) is 6.27. The second kappa shape index (κ2) is 5.48. The third-order valence-electron chi connectivity index (χ3n) is 2.05. The maximum Gasteiger partial charge on any atom is 0.144 e. The summed E-state index contributed by atoms with van der Waals surface area (Å²) in [6, 6.07) is 7.18. The van der Waals surface area contributed by atoms with E-state index in [9.17, 15) is 0 Å². The van der Waals surface area contributed by atoms with E-state index in [1.807, 2.05) is 12.1 Å². The molecule has 0 bridgehead atoms. The van der Waals surface area contributed by atoms with Crippen molar-refractivity contribution in [2.24, 2.45) is 0 Å². The van der Waals surface area contributed by atoms with E-state index in [2.05, 4.69) is 15.9 Å². The van der Waals surface area contributed by atoms with Gasteiger partial charge >= 0.3 is 0 Å². The van der Waals surface area contributed by atoms with Crippen LogP contribution in [0.3, 0.4) is 0 Å². The molecule has 2 aromatic rings. The lowest BCUT2D eigenvalue weighted by Crippen LogP contribution is -1.97. The molecule has 0 aliphatic rings. The Hall–Kier alpha value is -0.420. The molecule has 17 heavy (non-hydrogen) atoms. The molecule has 6 heteroatoms. The summed E-state index contributed by atoms with van der Waals surface area (Å²) in [5, 5.41) is 0.860. The minimum Gasteiger partial charge on any atom is -0.486 e. The lowest BCUT2D eigenvalue weighted by atomic mass is 10.3. The molecule has 0 spiro atoms. The molecule has 2 N–H and O–H groups in total. The lowest BCUT2D eigenvalue weighted by molar-refractivity contribution is 0.311. The molecule has 1 heterocycles. The first kappa shape index (κ1) is 13.0. The van der Waals surface area contributed by atoms with Crippen molar-refractivity contribution in [3.05, 3.63) is 43.0 Å². The van der Waals surface area contributed by atoms with Crippen molar-refractivity contribution in [2.45, 2.75) is 6.61 Å². The molecule has 1 aromatic carbocycles. The topological polar surface area (TPSA) is 35.2 Å². The standard InChI is InChI=1S/C11H8BrCl2NOS/c12-11-2-1-6(17-11)5-16-10-4-8(14)7(13)3-9(10)15/h1-4H,5,15H2. The quantitative estimate of drug-likeness (QED) is 0.790. The summed E-state index contributed by atoms with van der Waals surface area (Å²) < 4.78 is 6.66.